The molecular weight excluding hydrogens is 126 g/mol. The second-order valence-corrected chi connectivity index (χ2v) is 1.58. The van der Waals surface area contributed by atoms with E-state index >= 15 is 0 Å². The average Bonchev–Trinajstić information content (AvgIpc) is 1.89. The lowest BCUT2D eigenvalue weighted by Gasteiger charge is -1.79. The Morgan fingerprint density at radius 3 is 2.80 bits per heavy atom. The van der Waals surface area contributed by atoms with Gasteiger partial charge in [0, 0.05) is 0 Å². The van der Waals surface area contributed by atoms with E-state index in [4.69, 9.17) is 0 Å². The van der Waals surface area contributed by atoms with E-state index in [1.807, 2.05) is 19.1 Å². The first-order valence-corrected chi connectivity index (χ1v) is 2.87. The van der Waals surface area contributed by atoms with Crippen LogP contribution in [0.25, 0.3) is 0 Å². The predicted octanol–water partition coefficient (Wildman–Crippen LogP) is 1.97. The molecule has 0 N–H and O–H groups in total. The molecule has 0 fully saturated rings. The van der Waals surface area contributed by atoms with Gasteiger partial charge in [0.25, 0.3) is 0 Å². The van der Waals surface area contributed by atoms with E-state index in [1.165, 1.54) is 6.08 Å². The normalized spacial score (nSPS) is 10.1. The van der Waals surface area contributed by atoms with Gasteiger partial charge in [-0.2, -0.15) is 4.99 Å². The zero-order valence-corrected chi connectivity index (χ0v) is 5.87. The van der Waals surface area contributed by atoms with Crippen LogP contribution in [-0.2, 0) is 4.79 Å². The summed E-state index contributed by atoms with van der Waals surface area (Å²) in [6.07, 6.45) is 8.47. The van der Waals surface area contributed by atoms with Crippen molar-refractivity contribution in [3.63, 3.8) is 0 Å². The molecule has 0 aromatic rings. The molecule has 0 aliphatic carbocycles. The topological polar surface area (TPSA) is 29.4 Å². The maximum atomic E-state index is 9.64. The van der Waals surface area contributed by atoms with Crippen molar-refractivity contribution in [1.82, 2.24) is 0 Å². The molecule has 0 radical (unpaired) electrons. The number of rotatable bonds is 3. The van der Waals surface area contributed by atoms with Crippen LogP contribution in [0.5, 0.6) is 0 Å². The molecule has 0 rings (SSSR count). The van der Waals surface area contributed by atoms with E-state index in [1.54, 1.807) is 12.2 Å². The van der Waals surface area contributed by atoms with Crippen molar-refractivity contribution in [3.8, 4) is 0 Å². The minimum atomic E-state index is 0.410. The Labute approximate surface area is 60.3 Å². The zero-order chi connectivity index (χ0) is 7.82. The third-order valence-corrected chi connectivity index (χ3v) is 0.781. The van der Waals surface area contributed by atoms with E-state index in [-0.39, 0.29) is 0 Å². The van der Waals surface area contributed by atoms with Crippen LogP contribution in [0.3, 0.4) is 0 Å². The van der Waals surface area contributed by atoms with Crippen LogP contribution in [0.15, 0.2) is 41.6 Å². The second-order valence-electron chi connectivity index (χ2n) is 1.58. The first-order chi connectivity index (χ1) is 4.81. The van der Waals surface area contributed by atoms with Crippen molar-refractivity contribution in [3.05, 3.63) is 36.6 Å². The standard InChI is InChI=1S/C8H9NO/c1-3-4-5-6-8(2)9-7-10/h3-6H,2H2,1H3/b4-3-,6-5-. The molecule has 0 aliphatic heterocycles. The highest BCUT2D eigenvalue weighted by Gasteiger charge is 1.75. The first kappa shape index (κ1) is 8.60. The largest absolute Gasteiger partial charge is 0.240 e. The van der Waals surface area contributed by atoms with Gasteiger partial charge >= 0.3 is 0 Å². The van der Waals surface area contributed by atoms with E-state index in [0.29, 0.717) is 5.70 Å². The SMILES string of the molecule is C=C(/C=C\C=C/C)N=C=O. The van der Waals surface area contributed by atoms with Gasteiger partial charge in [0.05, 0.1) is 5.70 Å². The third kappa shape index (κ3) is 4.75. The smallest absolute Gasteiger partial charge is 0.211 e. The van der Waals surface area contributed by atoms with Crippen LogP contribution in [-0.4, -0.2) is 6.08 Å². The molecule has 0 atom stereocenters. The summed E-state index contributed by atoms with van der Waals surface area (Å²) in [6.45, 7) is 5.37. The van der Waals surface area contributed by atoms with Gasteiger partial charge in [-0.05, 0) is 13.0 Å². The minimum Gasteiger partial charge on any atom is -0.211 e. The maximum absolute atomic E-state index is 9.64. The number of isocyanates is 1. The van der Waals surface area contributed by atoms with Crippen LogP contribution < -0.4 is 0 Å². The number of hydrogen-bond donors (Lipinski definition) is 0. The van der Waals surface area contributed by atoms with Gasteiger partial charge in [-0.1, -0.05) is 24.8 Å². The monoisotopic (exact) mass is 135 g/mol. The Hall–Kier alpha value is -1.40. The molecule has 0 spiro atoms. The molecule has 0 saturated heterocycles. The van der Waals surface area contributed by atoms with Gasteiger partial charge in [-0.25, -0.2) is 4.79 Å². The van der Waals surface area contributed by atoms with Crippen molar-refractivity contribution in [2.75, 3.05) is 0 Å². The number of hydrogen-bond acceptors (Lipinski definition) is 2. The summed E-state index contributed by atoms with van der Waals surface area (Å²) in [7, 11) is 0. The summed E-state index contributed by atoms with van der Waals surface area (Å²) in [4.78, 5) is 12.9. The first-order valence-electron chi connectivity index (χ1n) is 2.87. The van der Waals surface area contributed by atoms with E-state index in [9.17, 15) is 4.79 Å². The molecule has 2 heteroatoms. The fourth-order valence-corrected chi connectivity index (χ4v) is 0.374. The summed E-state index contributed by atoms with van der Waals surface area (Å²) in [5, 5.41) is 0. The highest BCUT2D eigenvalue weighted by molar-refractivity contribution is 5.38. The fourth-order valence-electron chi connectivity index (χ4n) is 0.374. The highest BCUT2D eigenvalue weighted by Crippen LogP contribution is 1.92. The van der Waals surface area contributed by atoms with Crippen molar-refractivity contribution < 1.29 is 4.79 Å². The van der Waals surface area contributed by atoms with Crippen molar-refractivity contribution in [2.45, 2.75) is 6.92 Å². The number of nitrogens with zero attached hydrogens (tertiary/aromatic N) is 1. The average molecular weight is 135 g/mol. The van der Waals surface area contributed by atoms with Crippen LogP contribution in [0, 0.1) is 0 Å². The summed E-state index contributed by atoms with van der Waals surface area (Å²) in [6, 6.07) is 0. The lowest BCUT2D eigenvalue weighted by atomic mass is 10.4. The quantitative estimate of drug-likeness (QED) is 0.330. The molecule has 0 aromatic heterocycles. The van der Waals surface area contributed by atoms with Crippen molar-refractivity contribution in [1.29, 1.82) is 0 Å². The Morgan fingerprint density at radius 1 is 1.60 bits per heavy atom. The lowest BCUT2D eigenvalue weighted by molar-refractivity contribution is 0.565. The van der Waals surface area contributed by atoms with Gasteiger partial charge in [0.2, 0.25) is 6.08 Å². The molecule has 0 aliphatic rings. The van der Waals surface area contributed by atoms with E-state index in [0.717, 1.165) is 0 Å². The van der Waals surface area contributed by atoms with E-state index in [2.05, 4.69) is 11.6 Å². The maximum Gasteiger partial charge on any atom is 0.240 e. The van der Waals surface area contributed by atoms with Gasteiger partial charge in [0.15, 0.2) is 0 Å². The van der Waals surface area contributed by atoms with Gasteiger partial charge < -0.3 is 0 Å². The third-order valence-electron chi connectivity index (χ3n) is 0.781. The molecule has 0 unspecified atom stereocenters. The van der Waals surface area contributed by atoms with Gasteiger partial charge in [-0.3, -0.25) is 0 Å². The number of aliphatic imine (C=N–C) groups is 1. The molecule has 0 bridgehead atoms. The van der Waals surface area contributed by atoms with Gasteiger partial charge in [0.1, 0.15) is 0 Å². The molecular formula is C8H9NO. The predicted molar refractivity (Wildman–Crippen MR) is 41.2 cm³/mol. The molecule has 2 nitrogen and oxygen atoms in total. The number of carbonyl (C=O) groups excluding carboxylic acids is 1. The van der Waals surface area contributed by atoms with Crippen molar-refractivity contribution in [2.24, 2.45) is 4.99 Å². The lowest BCUT2D eigenvalue weighted by Crippen LogP contribution is -1.63. The second kappa shape index (κ2) is 5.73. The zero-order valence-electron chi connectivity index (χ0n) is 5.87. The summed E-state index contributed by atoms with van der Waals surface area (Å²) < 4.78 is 0. The Kier molecular flexibility index (Phi) is 4.93. The van der Waals surface area contributed by atoms with Crippen LogP contribution >= 0.6 is 0 Å². The van der Waals surface area contributed by atoms with Crippen LogP contribution in [0.2, 0.25) is 0 Å². The molecule has 0 heterocycles. The Morgan fingerprint density at radius 2 is 2.30 bits per heavy atom. The Balaban J connectivity index is 3.89. The summed E-state index contributed by atoms with van der Waals surface area (Å²) in [5.41, 5.74) is 0.410. The summed E-state index contributed by atoms with van der Waals surface area (Å²) >= 11 is 0. The molecule has 0 amide bonds. The van der Waals surface area contributed by atoms with Crippen molar-refractivity contribution >= 4 is 6.08 Å². The van der Waals surface area contributed by atoms with Crippen LogP contribution in [0.1, 0.15) is 6.92 Å². The molecule has 0 aromatic carbocycles. The molecule has 52 valence electrons. The summed E-state index contributed by atoms with van der Waals surface area (Å²) in [5.74, 6) is 0. The Bertz CT molecular complexity index is 207. The molecule has 10 heavy (non-hydrogen) atoms. The van der Waals surface area contributed by atoms with E-state index < -0.39 is 0 Å². The highest BCUT2D eigenvalue weighted by atomic mass is 16.1. The van der Waals surface area contributed by atoms with Crippen LogP contribution in [0.4, 0.5) is 0 Å². The molecule has 0 saturated carbocycles. The minimum absolute atomic E-state index is 0.410. The van der Waals surface area contributed by atoms with Gasteiger partial charge in [-0.15, -0.1) is 0 Å². The fraction of sp³-hybridized carbons (Fsp3) is 0.125. The number of allylic oxidation sites excluding steroid dienone is 4.